The summed E-state index contributed by atoms with van der Waals surface area (Å²) in [5, 5.41) is 11.7. The monoisotopic (exact) mass is 297 g/mol. The number of benzene rings is 1. The molecule has 2 rings (SSSR count). The molecule has 1 saturated carbocycles. The second-order valence-electron chi connectivity index (χ2n) is 5.42. The number of rotatable bonds is 4. The minimum Gasteiger partial charge on any atom is -0.478 e. The normalized spacial score (nSPS) is 16.7. The van der Waals surface area contributed by atoms with E-state index < -0.39 is 29.1 Å². The molecule has 114 valence electrons. The van der Waals surface area contributed by atoms with E-state index >= 15 is 0 Å². The highest BCUT2D eigenvalue weighted by Gasteiger charge is 2.26. The highest BCUT2D eigenvalue weighted by Crippen LogP contribution is 2.27. The number of amides is 1. The van der Waals surface area contributed by atoms with Crippen LogP contribution in [0.1, 0.15) is 53.3 Å². The number of aromatic carboxylic acids is 1. The van der Waals surface area contributed by atoms with Crippen LogP contribution in [0.3, 0.4) is 0 Å². The quantitative estimate of drug-likeness (QED) is 0.898. The molecule has 4 nitrogen and oxygen atoms in total. The molecular formula is C15H17F2NO3. The summed E-state index contributed by atoms with van der Waals surface area (Å²) in [6.07, 6.45) is 4.23. The van der Waals surface area contributed by atoms with Crippen LogP contribution < -0.4 is 5.32 Å². The zero-order valence-corrected chi connectivity index (χ0v) is 11.7. The zero-order valence-electron chi connectivity index (χ0n) is 11.7. The van der Waals surface area contributed by atoms with Crippen molar-refractivity contribution >= 4 is 11.9 Å². The fraction of sp³-hybridized carbons (Fsp3) is 0.467. The van der Waals surface area contributed by atoms with Gasteiger partial charge in [0.05, 0.1) is 11.1 Å². The van der Waals surface area contributed by atoms with E-state index in [0.29, 0.717) is 18.1 Å². The summed E-state index contributed by atoms with van der Waals surface area (Å²) >= 11 is 0. The molecule has 0 bridgehead atoms. The molecule has 21 heavy (non-hydrogen) atoms. The van der Waals surface area contributed by atoms with Gasteiger partial charge in [0.15, 0.2) is 11.6 Å². The molecule has 0 saturated heterocycles. The minimum absolute atomic E-state index is 0.130. The number of nitrogens with one attached hydrogen (secondary N) is 1. The van der Waals surface area contributed by atoms with E-state index in [4.69, 9.17) is 5.11 Å². The Balaban J connectivity index is 2.21. The van der Waals surface area contributed by atoms with Crippen LogP contribution in [-0.4, -0.2) is 23.0 Å². The third kappa shape index (κ3) is 3.37. The van der Waals surface area contributed by atoms with Crippen LogP contribution in [0.15, 0.2) is 12.1 Å². The number of carbonyl (C=O) groups is 2. The highest BCUT2D eigenvalue weighted by atomic mass is 19.2. The first-order valence-corrected chi connectivity index (χ1v) is 6.93. The van der Waals surface area contributed by atoms with E-state index in [1.54, 1.807) is 0 Å². The molecule has 1 aromatic rings. The Morgan fingerprint density at radius 1 is 1.19 bits per heavy atom. The van der Waals surface area contributed by atoms with Crippen molar-refractivity contribution in [3.05, 3.63) is 34.9 Å². The van der Waals surface area contributed by atoms with Gasteiger partial charge >= 0.3 is 5.97 Å². The van der Waals surface area contributed by atoms with Crippen molar-refractivity contribution in [2.75, 3.05) is 0 Å². The van der Waals surface area contributed by atoms with E-state index in [1.807, 2.05) is 6.92 Å². The smallest absolute Gasteiger partial charge is 0.336 e. The van der Waals surface area contributed by atoms with Gasteiger partial charge in [-0.15, -0.1) is 0 Å². The fourth-order valence-corrected chi connectivity index (χ4v) is 2.77. The van der Waals surface area contributed by atoms with E-state index in [0.717, 1.165) is 25.7 Å². The maximum Gasteiger partial charge on any atom is 0.336 e. The van der Waals surface area contributed by atoms with Crippen molar-refractivity contribution in [3.63, 3.8) is 0 Å². The maximum absolute atomic E-state index is 13.3. The molecule has 2 N–H and O–H groups in total. The average Bonchev–Trinajstić information content (AvgIpc) is 2.95. The Morgan fingerprint density at radius 2 is 1.71 bits per heavy atom. The maximum atomic E-state index is 13.3. The van der Waals surface area contributed by atoms with Crippen LogP contribution in [0.2, 0.25) is 0 Å². The van der Waals surface area contributed by atoms with Crippen LogP contribution in [0.5, 0.6) is 0 Å². The first-order valence-electron chi connectivity index (χ1n) is 6.93. The van der Waals surface area contributed by atoms with Gasteiger partial charge in [0, 0.05) is 6.04 Å². The van der Waals surface area contributed by atoms with E-state index in [-0.39, 0.29) is 11.6 Å². The number of hydrogen-bond donors (Lipinski definition) is 2. The van der Waals surface area contributed by atoms with Crippen molar-refractivity contribution in [2.45, 2.75) is 38.6 Å². The van der Waals surface area contributed by atoms with Crippen molar-refractivity contribution in [2.24, 2.45) is 5.92 Å². The van der Waals surface area contributed by atoms with Gasteiger partial charge in [-0.2, -0.15) is 0 Å². The van der Waals surface area contributed by atoms with E-state index in [9.17, 15) is 18.4 Å². The summed E-state index contributed by atoms with van der Waals surface area (Å²) in [5.41, 5.74) is -0.892. The molecule has 0 heterocycles. The predicted molar refractivity (Wildman–Crippen MR) is 72.2 cm³/mol. The third-order valence-electron chi connectivity index (χ3n) is 4.00. The molecular weight excluding hydrogens is 280 g/mol. The molecule has 1 aromatic carbocycles. The summed E-state index contributed by atoms with van der Waals surface area (Å²) in [7, 11) is 0. The zero-order chi connectivity index (χ0) is 15.6. The highest BCUT2D eigenvalue weighted by molar-refractivity contribution is 6.04. The molecule has 0 aliphatic heterocycles. The molecule has 6 heteroatoms. The largest absolute Gasteiger partial charge is 0.478 e. The van der Waals surface area contributed by atoms with Gasteiger partial charge in [0.25, 0.3) is 5.91 Å². The van der Waals surface area contributed by atoms with Crippen molar-refractivity contribution in [3.8, 4) is 0 Å². The molecule has 1 fully saturated rings. The van der Waals surface area contributed by atoms with Crippen LogP contribution in [0.25, 0.3) is 0 Å². The van der Waals surface area contributed by atoms with Crippen molar-refractivity contribution < 1.29 is 23.5 Å². The molecule has 0 spiro atoms. The Hall–Kier alpha value is -1.98. The Bertz CT molecular complexity index is 568. The Labute approximate surface area is 121 Å². The molecule has 1 amide bonds. The molecule has 1 aliphatic rings. The van der Waals surface area contributed by atoms with Gasteiger partial charge in [-0.3, -0.25) is 4.79 Å². The lowest BCUT2D eigenvalue weighted by molar-refractivity contribution is 0.0689. The average molecular weight is 297 g/mol. The second-order valence-corrected chi connectivity index (χ2v) is 5.42. The molecule has 1 aliphatic carbocycles. The minimum atomic E-state index is -1.47. The van der Waals surface area contributed by atoms with Gasteiger partial charge < -0.3 is 10.4 Å². The third-order valence-corrected chi connectivity index (χ3v) is 4.00. The first-order chi connectivity index (χ1) is 9.90. The van der Waals surface area contributed by atoms with Gasteiger partial charge in [-0.25, -0.2) is 13.6 Å². The van der Waals surface area contributed by atoms with Gasteiger partial charge in [0.1, 0.15) is 0 Å². The SMILES string of the molecule is C[C@H](NC(=O)c1cc(F)c(F)cc1C(=O)O)C1CCCC1. The number of carboxylic acids is 1. The second kappa shape index (κ2) is 6.20. The molecule has 0 unspecified atom stereocenters. The molecule has 0 radical (unpaired) electrons. The van der Waals surface area contributed by atoms with Gasteiger partial charge in [-0.05, 0) is 37.8 Å². The van der Waals surface area contributed by atoms with Crippen LogP contribution >= 0.6 is 0 Å². The molecule has 1 atom stereocenters. The predicted octanol–water partition coefficient (Wildman–Crippen LogP) is 2.97. The number of carboxylic acid groups (broad SMARTS) is 1. The number of carbonyl (C=O) groups excluding carboxylic acids is 1. The lowest BCUT2D eigenvalue weighted by Crippen LogP contribution is -2.38. The molecule has 0 aromatic heterocycles. The number of halogens is 2. The fourth-order valence-electron chi connectivity index (χ4n) is 2.77. The van der Waals surface area contributed by atoms with Crippen LogP contribution in [0, 0.1) is 17.6 Å². The lowest BCUT2D eigenvalue weighted by Gasteiger charge is -2.20. The summed E-state index contributed by atoms with van der Waals surface area (Å²) in [6.45, 7) is 1.84. The van der Waals surface area contributed by atoms with Crippen LogP contribution in [-0.2, 0) is 0 Å². The summed E-state index contributed by atoms with van der Waals surface area (Å²) in [6, 6.07) is 1.04. The van der Waals surface area contributed by atoms with E-state index in [1.165, 1.54) is 0 Å². The van der Waals surface area contributed by atoms with Crippen LogP contribution in [0.4, 0.5) is 8.78 Å². The first kappa shape index (κ1) is 15.4. The van der Waals surface area contributed by atoms with Crippen molar-refractivity contribution in [1.29, 1.82) is 0 Å². The van der Waals surface area contributed by atoms with Crippen molar-refractivity contribution in [1.82, 2.24) is 5.32 Å². The summed E-state index contributed by atoms with van der Waals surface area (Å²) in [5.74, 6) is -4.34. The Kier molecular flexibility index (Phi) is 4.55. The van der Waals surface area contributed by atoms with E-state index in [2.05, 4.69) is 5.32 Å². The Morgan fingerprint density at radius 3 is 2.24 bits per heavy atom. The lowest BCUT2D eigenvalue weighted by atomic mass is 9.98. The van der Waals surface area contributed by atoms with Gasteiger partial charge in [-0.1, -0.05) is 12.8 Å². The standard InChI is InChI=1S/C15H17F2NO3/c1-8(9-4-2-3-5-9)18-14(19)10-6-12(16)13(17)7-11(10)15(20)21/h6-9H,2-5H2,1H3,(H,18,19)(H,20,21)/t8-/m0/s1. The summed E-state index contributed by atoms with van der Waals surface area (Å²) < 4.78 is 26.4. The summed E-state index contributed by atoms with van der Waals surface area (Å²) in [4.78, 5) is 23.2. The topological polar surface area (TPSA) is 66.4 Å². The number of hydrogen-bond acceptors (Lipinski definition) is 2. The van der Waals surface area contributed by atoms with Gasteiger partial charge in [0.2, 0.25) is 0 Å².